The maximum absolute atomic E-state index is 4.61. The van der Waals surface area contributed by atoms with E-state index in [-0.39, 0.29) is 0 Å². The molecule has 0 aliphatic rings. The first-order valence-electron chi connectivity index (χ1n) is 8.30. The van der Waals surface area contributed by atoms with Gasteiger partial charge in [-0.05, 0) is 37.3 Å². The molecule has 0 unspecified atom stereocenters. The zero-order chi connectivity index (χ0) is 17.9. The van der Waals surface area contributed by atoms with Crippen molar-refractivity contribution in [2.24, 2.45) is 7.05 Å². The zero-order valence-corrected chi connectivity index (χ0v) is 14.6. The Kier molecular flexibility index (Phi) is 4.15. The second kappa shape index (κ2) is 6.76. The van der Waals surface area contributed by atoms with Crippen molar-refractivity contribution in [3.05, 3.63) is 72.7 Å². The van der Waals surface area contributed by atoms with E-state index < -0.39 is 0 Å². The molecule has 4 rings (SSSR count). The van der Waals surface area contributed by atoms with Gasteiger partial charge in [-0.15, -0.1) is 10.2 Å². The predicted molar refractivity (Wildman–Crippen MR) is 102 cm³/mol. The largest absolute Gasteiger partial charge is 0.324 e. The third-order valence-electron chi connectivity index (χ3n) is 4.11. The quantitative estimate of drug-likeness (QED) is 0.607. The van der Waals surface area contributed by atoms with Crippen LogP contribution in [0.25, 0.3) is 22.6 Å². The van der Waals surface area contributed by atoms with Gasteiger partial charge in [0.25, 0.3) is 0 Å². The molecule has 128 valence electrons. The number of nitrogens with zero attached hydrogens (tertiary/aromatic N) is 5. The Balaban J connectivity index is 1.55. The van der Waals surface area contributed by atoms with Gasteiger partial charge in [0.1, 0.15) is 6.33 Å². The second-order valence-corrected chi connectivity index (χ2v) is 6.10. The van der Waals surface area contributed by atoms with E-state index in [1.165, 1.54) is 5.56 Å². The topological polar surface area (TPSA) is 68.5 Å². The first-order chi connectivity index (χ1) is 12.7. The average molecular weight is 342 g/mol. The summed E-state index contributed by atoms with van der Waals surface area (Å²) in [4.78, 5) is 8.92. The van der Waals surface area contributed by atoms with Crippen molar-refractivity contribution in [3.63, 3.8) is 0 Å². The van der Waals surface area contributed by atoms with E-state index in [0.29, 0.717) is 5.95 Å². The van der Waals surface area contributed by atoms with E-state index in [9.17, 15) is 0 Å². The minimum Gasteiger partial charge on any atom is -0.324 e. The lowest BCUT2D eigenvalue weighted by Gasteiger charge is -2.08. The number of nitrogens with one attached hydrogen (secondary N) is 1. The number of anilines is 2. The Morgan fingerprint density at radius 2 is 1.62 bits per heavy atom. The normalized spacial score (nSPS) is 10.7. The summed E-state index contributed by atoms with van der Waals surface area (Å²) in [6, 6.07) is 18.1. The van der Waals surface area contributed by atoms with Gasteiger partial charge in [-0.2, -0.15) is 0 Å². The lowest BCUT2D eigenvalue weighted by Crippen LogP contribution is -1.98. The number of rotatable bonds is 4. The average Bonchev–Trinajstić information content (AvgIpc) is 3.09. The van der Waals surface area contributed by atoms with Gasteiger partial charge in [0, 0.05) is 30.1 Å². The van der Waals surface area contributed by atoms with Gasteiger partial charge >= 0.3 is 0 Å². The summed E-state index contributed by atoms with van der Waals surface area (Å²) in [5.74, 6) is 1.39. The first kappa shape index (κ1) is 16.0. The summed E-state index contributed by atoms with van der Waals surface area (Å²) in [7, 11) is 1.92. The molecule has 0 spiro atoms. The molecule has 1 N–H and O–H groups in total. The Morgan fingerprint density at radius 3 is 2.31 bits per heavy atom. The maximum atomic E-state index is 4.61. The van der Waals surface area contributed by atoms with Crippen LogP contribution in [-0.2, 0) is 7.05 Å². The fourth-order valence-corrected chi connectivity index (χ4v) is 2.68. The van der Waals surface area contributed by atoms with Crippen molar-refractivity contribution in [2.75, 3.05) is 5.32 Å². The molecule has 0 bridgehead atoms. The van der Waals surface area contributed by atoms with Crippen molar-refractivity contribution in [2.45, 2.75) is 6.92 Å². The van der Waals surface area contributed by atoms with Gasteiger partial charge in [0.05, 0.1) is 5.69 Å². The third kappa shape index (κ3) is 3.30. The van der Waals surface area contributed by atoms with E-state index in [4.69, 9.17) is 0 Å². The van der Waals surface area contributed by atoms with Gasteiger partial charge in [-0.3, -0.25) is 0 Å². The second-order valence-electron chi connectivity index (χ2n) is 6.10. The van der Waals surface area contributed by atoms with Crippen LogP contribution in [0.2, 0.25) is 0 Å². The lowest BCUT2D eigenvalue weighted by molar-refractivity contribution is 0.920. The van der Waals surface area contributed by atoms with Gasteiger partial charge < -0.3 is 9.88 Å². The van der Waals surface area contributed by atoms with Crippen molar-refractivity contribution in [3.8, 4) is 22.6 Å². The molecule has 0 atom stereocenters. The fourth-order valence-electron chi connectivity index (χ4n) is 2.68. The minimum absolute atomic E-state index is 0.564. The molecule has 6 nitrogen and oxygen atoms in total. The SMILES string of the molecule is Cc1ccc(-c2ccnc(Nc3ccc(-c4nncn4C)cc3)n2)cc1. The van der Waals surface area contributed by atoms with E-state index in [1.54, 1.807) is 12.5 Å². The van der Waals surface area contributed by atoms with Crippen molar-refractivity contribution >= 4 is 11.6 Å². The van der Waals surface area contributed by atoms with Crippen molar-refractivity contribution < 1.29 is 0 Å². The summed E-state index contributed by atoms with van der Waals surface area (Å²) >= 11 is 0. The molecule has 0 aliphatic carbocycles. The summed E-state index contributed by atoms with van der Waals surface area (Å²) in [6.07, 6.45) is 3.45. The van der Waals surface area contributed by atoms with E-state index in [1.807, 2.05) is 41.9 Å². The highest BCUT2D eigenvalue weighted by atomic mass is 15.2. The molecule has 0 saturated carbocycles. The molecule has 2 aromatic carbocycles. The molecule has 0 fully saturated rings. The summed E-state index contributed by atoms with van der Waals surface area (Å²) in [5, 5.41) is 11.3. The molecule has 2 heterocycles. The Bertz CT molecular complexity index is 1020. The van der Waals surface area contributed by atoms with Crippen LogP contribution in [0.4, 0.5) is 11.6 Å². The fraction of sp³-hybridized carbons (Fsp3) is 0.100. The van der Waals surface area contributed by atoms with Crippen LogP contribution >= 0.6 is 0 Å². The van der Waals surface area contributed by atoms with Crippen LogP contribution < -0.4 is 5.32 Å². The van der Waals surface area contributed by atoms with Crippen LogP contribution in [0.15, 0.2) is 67.1 Å². The lowest BCUT2D eigenvalue weighted by atomic mass is 10.1. The van der Waals surface area contributed by atoms with Crippen molar-refractivity contribution in [1.29, 1.82) is 0 Å². The molecule has 26 heavy (non-hydrogen) atoms. The van der Waals surface area contributed by atoms with E-state index in [0.717, 1.165) is 28.3 Å². The monoisotopic (exact) mass is 342 g/mol. The van der Waals surface area contributed by atoms with Crippen LogP contribution in [0.3, 0.4) is 0 Å². The molecule has 6 heteroatoms. The highest BCUT2D eigenvalue weighted by Crippen LogP contribution is 2.22. The molecular weight excluding hydrogens is 324 g/mol. The van der Waals surface area contributed by atoms with Gasteiger partial charge in [-0.25, -0.2) is 9.97 Å². The summed E-state index contributed by atoms with van der Waals surface area (Å²) in [5.41, 5.74) is 5.10. The highest BCUT2D eigenvalue weighted by molar-refractivity contribution is 5.64. The standard InChI is InChI=1S/C20H18N6/c1-14-3-5-15(6-4-14)18-11-12-21-20(24-18)23-17-9-7-16(8-10-17)19-25-22-13-26(19)2/h3-13H,1-2H3,(H,21,23,24). The molecule has 0 amide bonds. The first-order valence-corrected chi connectivity index (χ1v) is 8.30. The minimum atomic E-state index is 0.564. The smallest absolute Gasteiger partial charge is 0.227 e. The molecular formula is C20H18N6. The van der Waals surface area contributed by atoms with E-state index >= 15 is 0 Å². The molecule has 2 aromatic heterocycles. The molecule has 0 saturated heterocycles. The molecule has 0 aliphatic heterocycles. The Hall–Kier alpha value is -3.54. The van der Waals surface area contributed by atoms with Crippen LogP contribution in [0.1, 0.15) is 5.56 Å². The molecule has 0 radical (unpaired) electrons. The molecule has 4 aromatic rings. The number of hydrogen-bond acceptors (Lipinski definition) is 5. The predicted octanol–water partition coefficient (Wildman–Crippen LogP) is 3.99. The Labute approximate surface area is 151 Å². The number of aryl methyl sites for hydroxylation is 2. The maximum Gasteiger partial charge on any atom is 0.227 e. The van der Waals surface area contributed by atoms with Crippen LogP contribution in [0.5, 0.6) is 0 Å². The van der Waals surface area contributed by atoms with Crippen molar-refractivity contribution in [1.82, 2.24) is 24.7 Å². The number of benzene rings is 2. The number of hydrogen-bond donors (Lipinski definition) is 1. The van der Waals surface area contributed by atoms with Crippen LogP contribution in [-0.4, -0.2) is 24.7 Å². The summed E-state index contributed by atoms with van der Waals surface area (Å²) in [6.45, 7) is 2.07. The van der Waals surface area contributed by atoms with E-state index in [2.05, 4.69) is 56.7 Å². The third-order valence-corrected chi connectivity index (χ3v) is 4.11. The summed E-state index contributed by atoms with van der Waals surface area (Å²) < 4.78 is 1.89. The zero-order valence-electron chi connectivity index (χ0n) is 14.6. The number of aromatic nitrogens is 5. The van der Waals surface area contributed by atoms with Gasteiger partial charge in [0.15, 0.2) is 5.82 Å². The highest BCUT2D eigenvalue weighted by Gasteiger charge is 2.06. The van der Waals surface area contributed by atoms with Crippen LogP contribution in [0, 0.1) is 6.92 Å². The van der Waals surface area contributed by atoms with Gasteiger partial charge in [-0.1, -0.05) is 29.8 Å². The van der Waals surface area contributed by atoms with Gasteiger partial charge in [0.2, 0.25) is 5.95 Å². The Morgan fingerprint density at radius 1 is 0.885 bits per heavy atom.